The molecule has 1 amide bonds. The van der Waals surface area contributed by atoms with Gasteiger partial charge in [-0.2, -0.15) is 5.10 Å². The third-order valence-corrected chi connectivity index (χ3v) is 5.11. The smallest absolute Gasteiger partial charge is 0.406 e. The van der Waals surface area contributed by atoms with E-state index in [1.165, 1.54) is 47.3 Å². The van der Waals surface area contributed by atoms with Gasteiger partial charge in [0.2, 0.25) is 5.91 Å². The number of halogens is 3. The average molecular weight is 448 g/mol. The SMILES string of the molecule is O=C(/C=C/CO)N1CC(c2nn(-c3ccc(OC(F)(F)F)cc3)c3nccc(CO)c23)C1. The maximum absolute atomic E-state index is 12.4. The molecule has 2 N–H and O–H groups in total. The lowest BCUT2D eigenvalue weighted by atomic mass is 9.93. The zero-order chi connectivity index (χ0) is 22.9. The van der Waals surface area contributed by atoms with Crippen molar-refractivity contribution in [1.82, 2.24) is 19.7 Å². The molecular weight excluding hydrogens is 429 g/mol. The average Bonchev–Trinajstić information content (AvgIpc) is 3.10. The first-order chi connectivity index (χ1) is 15.3. The number of likely N-dealkylation sites (tertiary alicyclic amines) is 1. The van der Waals surface area contributed by atoms with Gasteiger partial charge in [0.25, 0.3) is 0 Å². The molecule has 3 heterocycles. The highest BCUT2D eigenvalue weighted by molar-refractivity contribution is 5.89. The number of hydrogen-bond donors (Lipinski definition) is 2. The molecule has 0 bridgehead atoms. The lowest BCUT2D eigenvalue weighted by molar-refractivity contribution is -0.274. The molecule has 32 heavy (non-hydrogen) atoms. The van der Waals surface area contributed by atoms with Gasteiger partial charge in [-0.25, -0.2) is 9.67 Å². The van der Waals surface area contributed by atoms with Crippen molar-refractivity contribution in [3.63, 3.8) is 0 Å². The zero-order valence-electron chi connectivity index (χ0n) is 16.7. The number of alkyl halides is 3. The first-order valence-corrected chi connectivity index (χ1v) is 9.70. The van der Waals surface area contributed by atoms with Crippen LogP contribution in [-0.4, -0.2) is 61.8 Å². The van der Waals surface area contributed by atoms with Crippen molar-refractivity contribution in [2.24, 2.45) is 0 Å². The molecular formula is C21H19F3N4O4. The van der Waals surface area contributed by atoms with Crippen molar-refractivity contribution in [2.75, 3.05) is 19.7 Å². The summed E-state index contributed by atoms with van der Waals surface area (Å²) in [5, 5.41) is 23.9. The molecule has 0 radical (unpaired) electrons. The summed E-state index contributed by atoms with van der Waals surface area (Å²) in [6.45, 7) is 0.332. The number of carbonyl (C=O) groups excluding carboxylic acids is 1. The van der Waals surface area contributed by atoms with Crippen molar-refractivity contribution in [2.45, 2.75) is 18.9 Å². The Balaban J connectivity index is 1.67. The molecule has 1 aliphatic heterocycles. The second kappa shape index (κ2) is 8.60. The van der Waals surface area contributed by atoms with Crippen molar-refractivity contribution < 1.29 is 32.9 Å². The topological polar surface area (TPSA) is 101 Å². The van der Waals surface area contributed by atoms with E-state index in [1.54, 1.807) is 11.0 Å². The number of hydrogen-bond acceptors (Lipinski definition) is 6. The van der Waals surface area contributed by atoms with E-state index in [0.29, 0.717) is 41.1 Å². The van der Waals surface area contributed by atoms with Crippen LogP contribution in [0.25, 0.3) is 16.7 Å². The summed E-state index contributed by atoms with van der Waals surface area (Å²) in [5.41, 5.74) is 2.17. The Hall–Kier alpha value is -3.44. The van der Waals surface area contributed by atoms with Gasteiger partial charge in [-0.1, -0.05) is 6.08 Å². The fraction of sp³-hybridized carbons (Fsp3) is 0.286. The van der Waals surface area contributed by atoms with Crippen LogP contribution in [0.3, 0.4) is 0 Å². The van der Waals surface area contributed by atoms with Crippen LogP contribution < -0.4 is 4.74 Å². The minimum absolute atomic E-state index is 0.104. The molecule has 0 spiro atoms. The number of aliphatic hydroxyl groups excluding tert-OH is 2. The summed E-state index contributed by atoms with van der Waals surface area (Å²) in [4.78, 5) is 18.0. The van der Waals surface area contributed by atoms with E-state index in [-0.39, 0.29) is 30.8 Å². The van der Waals surface area contributed by atoms with Gasteiger partial charge < -0.3 is 19.8 Å². The van der Waals surface area contributed by atoms with Gasteiger partial charge in [0.05, 0.1) is 24.6 Å². The molecule has 0 aliphatic carbocycles. The van der Waals surface area contributed by atoms with E-state index in [0.717, 1.165) is 0 Å². The lowest BCUT2D eigenvalue weighted by Crippen LogP contribution is -2.48. The van der Waals surface area contributed by atoms with Gasteiger partial charge in [-0.05, 0) is 35.9 Å². The molecule has 0 atom stereocenters. The third-order valence-electron chi connectivity index (χ3n) is 5.11. The first-order valence-electron chi connectivity index (χ1n) is 9.70. The van der Waals surface area contributed by atoms with Crippen LogP contribution in [0.15, 0.2) is 48.7 Å². The van der Waals surface area contributed by atoms with Crippen molar-refractivity contribution in [3.8, 4) is 11.4 Å². The second-order valence-electron chi connectivity index (χ2n) is 7.19. The Morgan fingerprint density at radius 1 is 1.19 bits per heavy atom. The molecule has 0 saturated carbocycles. The molecule has 168 valence electrons. The molecule has 1 fully saturated rings. The predicted molar refractivity (Wildman–Crippen MR) is 107 cm³/mol. The molecule has 1 saturated heterocycles. The van der Waals surface area contributed by atoms with E-state index in [9.17, 15) is 23.1 Å². The van der Waals surface area contributed by atoms with Crippen molar-refractivity contribution in [1.29, 1.82) is 0 Å². The number of amides is 1. The first kappa shape index (κ1) is 21.8. The third kappa shape index (κ3) is 4.30. The van der Waals surface area contributed by atoms with E-state index in [1.807, 2.05) is 0 Å². The van der Waals surface area contributed by atoms with E-state index in [4.69, 9.17) is 5.11 Å². The molecule has 11 heteroatoms. The van der Waals surface area contributed by atoms with Crippen LogP contribution >= 0.6 is 0 Å². The Labute approximate surface area is 180 Å². The summed E-state index contributed by atoms with van der Waals surface area (Å²) in [6, 6.07) is 6.90. The van der Waals surface area contributed by atoms with Crippen LogP contribution in [0, 0.1) is 0 Å². The minimum Gasteiger partial charge on any atom is -0.406 e. The Kier molecular flexibility index (Phi) is 5.85. The van der Waals surface area contributed by atoms with Crippen LogP contribution in [0.2, 0.25) is 0 Å². The number of rotatable bonds is 6. The highest BCUT2D eigenvalue weighted by Gasteiger charge is 2.35. The summed E-state index contributed by atoms with van der Waals surface area (Å²) >= 11 is 0. The van der Waals surface area contributed by atoms with Crippen LogP contribution in [0.1, 0.15) is 17.2 Å². The molecule has 3 aromatic rings. The molecule has 8 nitrogen and oxygen atoms in total. The van der Waals surface area contributed by atoms with Gasteiger partial charge in [-0.3, -0.25) is 4.79 Å². The molecule has 1 aliphatic rings. The number of fused-ring (bicyclic) bond motifs is 1. The highest BCUT2D eigenvalue weighted by Crippen LogP contribution is 2.34. The number of aliphatic hydroxyl groups is 2. The van der Waals surface area contributed by atoms with Crippen LogP contribution in [0.5, 0.6) is 5.75 Å². The Morgan fingerprint density at radius 3 is 2.53 bits per heavy atom. The summed E-state index contributed by atoms with van der Waals surface area (Å²) in [6.07, 6.45) is -0.601. The van der Waals surface area contributed by atoms with E-state index in [2.05, 4.69) is 14.8 Å². The number of nitrogens with zero attached hydrogens (tertiary/aromatic N) is 4. The largest absolute Gasteiger partial charge is 0.573 e. The summed E-state index contributed by atoms with van der Waals surface area (Å²) in [5.74, 6) is -0.682. The molecule has 2 aromatic heterocycles. The lowest BCUT2D eigenvalue weighted by Gasteiger charge is -2.38. The minimum atomic E-state index is -4.79. The standard InChI is InChI=1S/C21H19F3N4O4/c22-21(23,24)32-16-5-3-15(4-6-16)28-20-18(13(12-30)7-8-25-20)19(26-28)14-10-27(11-14)17(31)2-1-9-29/h1-8,14,29-30H,9-12H2/b2-1+. The van der Waals surface area contributed by atoms with Crippen LogP contribution in [-0.2, 0) is 11.4 Å². The number of benzene rings is 1. The van der Waals surface area contributed by atoms with E-state index < -0.39 is 6.36 Å². The van der Waals surface area contributed by atoms with Crippen molar-refractivity contribution >= 4 is 16.9 Å². The van der Waals surface area contributed by atoms with Gasteiger partial charge in [0.1, 0.15) is 5.75 Å². The fourth-order valence-electron chi connectivity index (χ4n) is 3.61. The van der Waals surface area contributed by atoms with E-state index >= 15 is 0 Å². The second-order valence-corrected chi connectivity index (χ2v) is 7.19. The van der Waals surface area contributed by atoms with Crippen LogP contribution in [0.4, 0.5) is 13.2 Å². The van der Waals surface area contributed by atoms with Gasteiger partial charge in [-0.15, -0.1) is 13.2 Å². The molecule has 0 unspecified atom stereocenters. The summed E-state index contributed by atoms with van der Waals surface area (Å²) in [7, 11) is 0. The fourth-order valence-corrected chi connectivity index (χ4v) is 3.61. The summed E-state index contributed by atoms with van der Waals surface area (Å²) < 4.78 is 42.7. The number of ether oxygens (including phenoxy) is 1. The Bertz CT molecular complexity index is 1150. The highest BCUT2D eigenvalue weighted by atomic mass is 19.4. The zero-order valence-corrected chi connectivity index (χ0v) is 16.7. The normalized spacial score (nSPS) is 14.8. The van der Waals surface area contributed by atoms with Gasteiger partial charge in [0, 0.05) is 36.7 Å². The Morgan fingerprint density at radius 2 is 1.91 bits per heavy atom. The maximum Gasteiger partial charge on any atom is 0.573 e. The van der Waals surface area contributed by atoms with Gasteiger partial charge in [0.15, 0.2) is 5.65 Å². The molecule has 4 rings (SSSR count). The quantitative estimate of drug-likeness (QED) is 0.562. The number of aromatic nitrogens is 3. The van der Waals surface area contributed by atoms with Crippen molar-refractivity contribution in [3.05, 3.63) is 59.9 Å². The van der Waals surface area contributed by atoms with Gasteiger partial charge >= 0.3 is 6.36 Å². The predicted octanol–water partition coefficient (Wildman–Crippen LogP) is 2.29. The maximum atomic E-state index is 12.4. The number of pyridine rings is 1. The monoisotopic (exact) mass is 448 g/mol. The molecule has 1 aromatic carbocycles. The number of carbonyl (C=O) groups is 1.